The quantitative estimate of drug-likeness (QED) is 0.563. The van der Waals surface area contributed by atoms with Gasteiger partial charge in [0.25, 0.3) is 5.91 Å². The summed E-state index contributed by atoms with van der Waals surface area (Å²) in [6.07, 6.45) is 0.586. The van der Waals surface area contributed by atoms with Gasteiger partial charge in [-0.05, 0) is 0 Å². The van der Waals surface area contributed by atoms with Gasteiger partial charge in [0.1, 0.15) is 0 Å². The first-order valence-corrected chi connectivity index (χ1v) is 3.76. The highest BCUT2D eigenvalue weighted by Crippen LogP contribution is 2.19. The van der Waals surface area contributed by atoms with Crippen LogP contribution in [0.15, 0.2) is 11.8 Å². The smallest absolute Gasteiger partial charge is 0.304 e. The molecule has 0 aromatic rings. The van der Waals surface area contributed by atoms with Crippen LogP contribution in [0.3, 0.4) is 0 Å². The van der Waals surface area contributed by atoms with Gasteiger partial charge in [0.2, 0.25) is 6.23 Å². The Labute approximate surface area is 75.9 Å². The minimum Gasteiger partial charge on any atom is -0.495 e. The monoisotopic (exact) mass is 185 g/mol. The highest BCUT2D eigenvalue weighted by Gasteiger charge is 2.33. The number of esters is 1. The number of carbonyl (C=O) groups is 2. The van der Waals surface area contributed by atoms with Crippen LogP contribution >= 0.6 is 0 Å². The predicted octanol–water partition coefficient (Wildman–Crippen LogP) is -0.122. The molecule has 0 aromatic heterocycles. The Hall–Kier alpha value is -1.52. The van der Waals surface area contributed by atoms with Crippen molar-refractivity contribution in [2.24, 2.45) is 0 Å². The van der Waals surface area contributed by atoms with Crippen molar-refractivity contribution < 1.29 is 19.1 Å². The van der Waals surface area contributed by atoms with Crippen molar-refractivity contribution in [2.75, 3.05) is 14.2 Å². The van der Waals surface area contributed by atoms with E-state index in [-0.39, 0.29) is 5.91 Å². The van der Waals surface area contributed by atoms with E-state index in [0.717, 1.165) is 0 Å². The van der Waals surface area contributed by atoms with Gasteiger partial charge in [0, 0.05) is 20.0 Å². The third-order valence-corrected chi connectivity index (χ3v) is 1.72. The van der Waals surface area contributed by atoms with Gasteiger partial charge in [-0.3, -0.25) is 14.5 Å². The van der Waals surface area contributed by atoms with Crippen LogP contribution in [0.5, 0.6) is 0 Å². The van der Waals surface area contributed by atoms with E-state index >= 15 is 0 Å². The molecule has 1 heterocycles. The number of nitrogens with zero attached hydrogens (tertiary/aromatic N) is 1. The summed E-state index contributed by atoms with van der Waals surface area (Å²) in [5.41, 5.74) is 0. The van der Waals surface area contributed by atoms with Gasteiger partial charge in [-0.25, -0.2) is 0 Å². The normalized spacial score (nSPS) is 21.5. The van der Waals surface area contributed by atoms with Crippen molar-refractivity contribution in [2.45, 2.75) is 13.2 Å². The van der Waals surface area contributed by atoms with E-state index in [4.69, 9.17) is 9.47 Å². The van der Waals surface area contributed by atoms with E-state index < -0.39 is 12.2 Å². The molecule has 1 atom stereocenters. The molecule has 1 amide bonds. The van der Waals surface area contributed by atoms with Gasteiger partial charge in [-0.2, -0.15) is 0 Å². The maximum absolute atomic E-state index is 11.1. The lowest BCUT2D eigenvalue weighted by molar-refractivity contribution is -0.156. The lowest BCUT2D eigenvalue weighted by Gasteiger charge is -2.21. The van der Waals surface area contributed by atoms with Crippen molar-refractivity contribution in [1.82, 2.24) is 4.90 Å². The number of amides is 1. The molecular formula is C8H11NO4. The molecule has 0 N–H and O–H groups in total. The van der Waals surface area contributed by atoms with Crippen LogP contribution in [0.4, 0.5) is 0 Å². The maximum atomic E-state index is 11.1. The number of carbonyl (C=O) groups excluding carboxylic acids is 2. The van der Waals surface area contributed by atoms with Gasteiger partial charge < -0.3 is 9.47 Å². The summed E-state index contributed by atoms with van der Waals surface area (Å²) in [6.45, 7) is 1.28. The largest absolute Gasteiger partial charge is 0.495 e. The number of hydrogen-bond donors (Lipinski definition) is 0. The van der Waals surface area contributed by atoms with E-state index in [1.807, 2.05) is 0 Å². The van der Waals surface area contributed by atoms with E-state index in [2.05, 4.69) is 0 Å². The zero-order chi connectivity index (χ0) is 10.0. The number of ether oxygens (including phenoxy) is 2. The fourth-order valence-corrected chi connectivity index (χ4v) is 1.06. The van der Waals surface area contributed by atoms with Crippen molar-refractivity contribution in [3.05, 3.63) is 11.8 Å². The zero-order valence-electron chi connectivity index (χ0n) is 7.73. The Balaban J connectivity index is 2.77. The Kier molecular flexibility index (Phi) is 2.55. The molecule has 0 saturated carbocycles. The molecule has 0 aromatic carbocycles. The third-order valence-electron chi connectivity index (χ3n) is 1.72. The summed E-state index contributed by atoms with van der Waals surface area (Å²) >= 11 is 0. The summed E-state index contributed by atoms with van der Waals surface area (Å²) in [5.74, 6) is -0.333. The fraction of sp³-hybridized carbons (Fsp3) is 0.500. The minimum atomic E-state index is -0.713. The Morgan fingerprint density at radius 2 is 2.23 bits per heavy atom. The van der Waals surface area contributed by atoms with Gasteiger partial charge in [0.15, 0.2) is 5.76 Å². The molecule has 0 spiro atoms. The maximum Gasteiger partial charge on any atom is 0.304 e. The lowest BCUT2D eigenvalue weighted by atomic mass is 10.4. The Morgan fingerprint density at radius 1 is 1.62 bits per heavy atom. The predicted molar refractivity (Wildman–Crippen MR) is 43.4 cm³/mol. The van der Waals surface area contributed by atoms with Gasteiger partial charge in [-0.1, -0.05) is 0 Å². The molecule has 72 valence electrons. The van der Waals surface area contributed by atoms with Crippen molar-refractivity contribution in [3.8, 4) is 0 Å². The van der Waals surface area contributed by atoms with E-state index in [9.17, 15) is 9.59 Å². The average Bonchev–Trinajstić information content (AvgIpc) is 2.31. The van der Waals surface area contributed by atoms with Crippen molar-refractivity contribution in [1.29, 1.82) is 0 Å². The SMILES string of the molecule is COC1=CC(=O)N(C)C1OC(C)=O. The molecule has 0 saturated heterocycles. The van der Waals surface area contributed by atoms with Gasteiger partial charge >= 0.3 is 5.97 Å². The van der Waals surface area contributed by atoms with Crippen LogP contribution in [0.2, 0.25) is 0 Å². The van der Waals surface area contributed by atoms with E-state index in [1.165, 1.54) is 25.0 Å². The highest BCUT2D eigenvalue weighted by atomic mass is 16.6. The van der Waals surface area contributed by atoms with E-state index in [1.54, 1.807) is 7.05 Å². The second-order valence-electron chi connectivity index (χ2n) is 2.66. The Bertz CT molecular complexity index is 271. The van der Waals surface area contributed by atoms with Crippen LogP contribution in [0.25, 0.3) is 0 Å². The topological polar surface area (TPSA) is 55.8 Å². The summed E-state index contributed by atoms with van der Waals surface area (Å²) in [5, 5.41) is 0. The molecule has 5 nitrogen and oxygen atoms in total. The number of methoxy groups -OCH3 is 1. The third kappa shape index (κ3) is 1.80. The standard InChI is InChI=1S/C8H11NO4/c1-5(10)13-8-6(12-3)4-7(11)9(8)2/h4,8H,1-3H3. The molecule has 0 radical (unpaired) electrons. The highest BCUT2D eigenvalue weighted by molar-refractivity contribution is 5.91. The molecule has 0 bridgehead atoms. The minimum absolute atomic E-state index is 0.233. The molecule has 1 aliphatic rings. The fourth-order valence-electron chi connectivity index (χ4n) is 1.06. The summed E-state index contributed by atoms with van der Waals surface area (Å²) in [7, 11) is 2.97. The number of likely N-dealkylation sites (N-methyl/N-ethyl adjacent to an activating group) is 1. The molecule has 5 heteroatoms. The van der Waals surface area contributed by atoms with Crippen molar-refractivity contribution >= 4 is 11.9 Å². The van der Waals surface area contributed by atoms with Crippen LogP contribution in [0.1, 0.15) is 6.92 Å². The number of rotatable bonds is 2. The molecule has 1 rings (SSSR count). The summed E-state index contributed by atoms with van der Waals surface area (Å²) in [6, 6.07) is 0. The summed E-state index contributed by atoms with van der Waals surface area (Å²) < 4.78 is 9.76. The van der Waals surface area contributed by atoms with Crippen LogP contribution in [0, 0.1) is 0 Å². The second kappa shape index (κ2) is 3.47. The lowest BCUT2D eigenvalue weighted by Crippen LogP contribution is -2.35. The van der Waals surface area contributed by atoms with Crippen LogP contribution < -0.4 is 0 Å². The van der Waals surface area contributed by atoms with Crippen LogP contribution in [-0.2, 0) is 19.1 Å². The molecule has 0 aliphatic carbocycles. The molecule has 13 heavy (non-hydrogen) atoms. The zero-order valence-corrected chi connectivity index (χ0v) is 7.73. The van der Waals surface area contributed by atoms with Crippen molar-refractivity contribution in [3.63, 3.8) is 0 Å². The molecule has 0 fully saturated rings. The first kappa shape index (κ1) is 9.57. The first-order valence-electron chi connectivity index (χ1n) is 3.76. The first-order chi connectivity index (χ1) is 6.06. The Morgan fingerprint density at radius 3 is 2.69 bits per heavy atom. The molecular weight excluding hydrogens is 174 g/mol. The second-order valence-corrected chi connectivity index (χ2v) is 2.66. The summed E-state index contributed by atoms with van der Waals surface area (Å²) in [4.78, 5) is 23.1. The number of hydrogen-bond acceptors (Lipinski definition) is 4. The molecule has 1 unspecified atom stereocenters. The van der Waals surface area contributed by atoms with Crippen LogP contribution in [-0.4, -0.2) is 37.2 Å². The average molecular weight is 185 g/mol. The molecule has 1 aliphatic heterocycles. The van der Waals surface area contributed by atoms with Gasteiger partial charge in [0.05, 0.1) is 7.11 Å². The van der Waals surface area contributed by atoms with E-state index in [0.29, 0.717) is 5.76 Å². The van der Waals surface area contributed by atoms with Gasteiger partial charge in [-0.15, -0.1) is 0 Å².